The summed E-state index contributed by atoms with van der Waals surface area (Å²) in [5.41, 5.74) is 3.04. The topological polar surface area (TPSA) is 71.3 Å². The van der Waals surface area contributed by atoms with Gasteiger partial charge in [-0.05, 0) is 50.1 Å². The van der Waals surface area contributed by atoms with Crippen molar-refractivity contribution in [2.75, 3.05) is 5.32 Å². The molecule has 0 spiro atoms. The van der Waals surface area contributed by atoms with Crippen LogP contribution in [-0.2, 0) is 0 Å². The molecule has 0 saturated carbocycles. The first-order chi connectivity index (χ1) is 12.4. The van der Waals surface area contributed by atoms with Crippen molar-refractivity contribution in [2.45, 2.75) is 26.8 Å². The highest BCUT2D eigenvalue weighted by Crippen LogP contribution is 2.28. The van der Waals surface area contributed by atoms with Gasteiger partial charge in [0.15, 0.2) is 5.76 Å². The fraction of sp³-hybridized carbons (Fsp3) is 0.200. The Balaban J connectivity index is 1.68. The summed E-state index contributed by atoms with van der Waals surface area (Å²) in [6, 6.07) is 13.0. The van der Waals surface area contributed by atoms with Crippen molar-refractivity contribution in [3.8, 4) is 0 Å². The minimum Gasteiger partial charge on any atom is -0.459 e. The number of nitrogens with one attached hydrogen (secondary N) is 2. The van der Waals surface area contributed by atoms with Crippen molar-refractivity contribution in [1.82, 2.24) is 5.32 Å². The first kappa shape index (κ1) is 17.9. The van der Waals surface area contributed by atoms with E-state index < -0.39 is 0 Å². The predicted molar refractivity (Wildman–Crippen MR) is 103 cm³/mol. The molecule has 2 heterocycles. The van der Waals surface area contributed by atoms with Crippen LogP contribution in [0, 0.1) is 13.8 Å². The second-order valence-corrected chi connectivity index (χ2v) is 7.21. The second kappa shape index (κ2) is 7.58. The number of thiophene rings is 1. The third-order valence-electron chi connectivity index (χ3n) is 4.03. The molecule has 1 unspecified atom stereocenters. The van der Waals surface area contributed by atoms with Crippen LogP contribution in [-0.4, -0.2) is 11.8 Å². The summed E-state index contributed by atoms with van der Waals surface area (Å²) in [6.07, 6.45) is 1.44. The molecule has 1 aromatic carbocycles. The molecule has 0 bridgehead atoms. The number of benzene rings is 1. The van der Waals surface area contributed by atoms with Crippen LogP contribution in [0.1, 0.15) is 49.9 Å². The fourth-order valence-corrected chi connectivity index (χ4v) is 3.52. The summed E-state index contributed by atoms with van der Waals surface area (Å²) in [5.74, 6) is -0.259. The Morgan fingerprint density at radius 3 is 2.46 bits per heavy atom. The number of carbonyl (C=O) groups excluding carboxylic acids is 2. The van der Waals surface area contributed by atoms with Gasteiger partial charge < -0.3 is 15.1 Å². The maximum absolute atomic E-state index is 12.6. The first-order valence-corrected chi connectivity index (χ1v) is 9.08. The average molecular weight is 368 g/mol. The third-order valence-corrected chi connectivity index (χ3v) is 5.18. The van der Waals surface area contributed by atoms with Crippen LogP contribution in [0.25, 0.3) is 0 Å². The summed E-state index contributed by atoms with van der Waals surface area (Å²) in [6.45, 7) is 5.83. The lowest BCUT2D eigenvalue weighted by Crippen LogP contribution is -2.26. The molecule has 134 valence electrons. The van der Waals surface area contributed by atoms with Gasteiger partial charge in [0.05, 0.1) is 22.2 Å². The second-order valence-electron chi connectivity index (χ2n) is 6.16. The lowest BCUT2D eigenvalue weighted by atomic mass is 10.1. The van der Waals surface area contributed by atoms with E-state index in [0.717, 1.165) is 11.1 Å². The van der Waals surface area contributed by atoms with Crippen molar-refractivity contribution < 1.29 is 14.0 Å². The maximum atomic E-state index is 12.6. The van der Waals surface area contributed by atoms with Crippen LogP contribution in [0.5, 0.6) is 0 Å². The van der Waals surface area contributed by atoms with Gasteiger partial charge >= 0.3 is 0 Å². The quantitative estimate of drug-likeness (QED) is 0.686. The molecule has 2 aromatic heterocycles. The Bertz CT molecular complexity index is 911. The Morgan fingerprint density at radius 2 is 1.81 bits per heavy atom. The van der Waals surface area contributed by atoms with Crippen LogP contribution in [0.15, 0.2) is 53.1 Å². The van der Waals surface area contributed by atoms with Crippen LogP contribution in [0.3, 0.4) is 0 Å². The summed E-state index contributed by atoms with van der Waals surface area (Å²) in [5, 5.41) is 6.37. The molecule has 2 N–H and O–H groups in total. The number of aryl methyl sites for hydroxylation is 2. The fourth-order valence-electron chi connectivity index (χ4n) is 2.55. The zero-order valence-corrected chi connectivity index (χ0v) is 15.6. The molecule has 0 radical (unpaired) electrons. The number of carbonyl (C=O) groups is 2. The maximum Gasteiger partial charge on any atom is 0.291 e. The highest BCUT2D eigenvalue weighted by molar-refractivity contribution is 7.18. The molecule has 6 heteroatoms. The van der Waals surface area contributed by atoms with Crippen molar-refractivity contribution >= 4 is 28.2 Å². The summed E-state index contributed by atoms with van der Waals surface area (Å²) >= 11 is 1.25. The van der Waals surface area contributed by atoms with Crippen molar-refractivity contribution in [3.63, 3.8) is 0 Å². The van der Waals surface area contributed by atoms with E-state index in [-0.39, 0.29) is 23.6 Å². The van der Waals surface area contributed by atoms with E-state index in [1.807, 2.05) is 45.0 Å². The number of amides is 2. The van der Waals surface area contributed by atoms with Crippen LogP contribution >= 0.6 is 11.3 Å². The van der Waals surface area contributed by atoms with Gasteiger partial charge in [-0.2, -0.15) is 0 Å². The average Bonchev–Trinajstić information content (AvgIpc) is 3.25. The van der Waals surface area contributed by atoms with E-state index in [1.54, 1.807) is 18.2 Å². The van der Waals surface area contributed by atoms with Gasteiger partial charge in [-0.25, -0.2) is 0 Å². The number of rotatable bonds is 5. The Hall–Kier alpha value is -2.86. The normalized spacial score (nSPS) is 11.8. The number of hydrogen-bond donors (Lipinski definition) is 2. The monoisotopic (exact) mass is 368 g/mol. The molecule has 0 aliphatic carbocycles. The minimum absolute atomic E-state index is 0.106. The van der Waals surface area contributed by atoms with Crippen molar-refractivity contribution in [1.29, 1.82) is 0 Å². The van der Waals surface area contributed by atoms with Crippen LogP contribution in [0.4, 0.5) is 5.00 Å². The van der Waals surface area contributed by atoms with Gasteiger partial charge in [-0.1, -0.05) is 29.8 Å². The molecule has 3 aromatic rings. The van der Waals surface area contributed by atoms with Gasteiger partial charge in [-0.3, -0.25) is 9.59 Å². The first-order valence-electron chi connectivity index (χ1n) is 8.27. The molecule has 2 amide bonds. The lowest BCUT2D eigenvalue weighted by molar-refractivity contribution is 0.0942. The van der Waals surface area contributed by atoms with Crippen LogP contribution < -0.4 is 10.6 Å². The number of furan rings is 1. The zero-order valence-electron chi connectivity index (χ0n) is 14.8. The molecular formula is C20H20N2O3S. The molecular weight excluding hydrogens is 348 g/mol. The Kier molecular flexibility index (Phi) is 5.23. The molecule has 1 atom stereocenters. The molecule has 0 aliphatic heterocycles. The summed E-state index contributed by atoms with van der Waals surface area (Å²) < 4.78 is 5.08. The molecule has 0 aliphatic rings. The molecule has 0 saturated heterocycles. The zero-order chi connectivity index (χ0) is 18.7. The van der Waals surface area contributed by atoms with Gasteiger partial charge in [0.1, 0.15) is 0 Å². The summed E-state index contributed by atoms with van der Waals surface area (Å²) in [7, 11) is 0. The van der Waals surface area contributed by atoms with Gasteiger partial charge in [0, 0.05) is 0 Å². The SMILES string of the molecule is Cc1ccc(C(C)NC(=O)c2sc(NC(=O)c3ccco3)cc2C)cc1. The molecule has 5 nitrogen and oxygen atoms in total. The van der Waals surface area contributed by atoms with E-state index >= 15 is 0 Å². The Morgan fingerprint density at radius 1 is 1.08 bits per heavy atom. The van der Waals surface area contributed by atoms with E-state index in [2.05, 4.69) is 10.6 Å². The molecule has 3 rings (SSSR count). The number of hydrogen-bond acceptors (Lipinski definition) is 4. The van der Waals surface area contributed by atoms with Crippen molar-refractivity contribution in [2.24, 2.45) is 0 Å². The van der Waals surface area contributed by atoms with Crippen molar-refractivity contribution in [3.05, 3.63) is 76.1 Å². The number of anilines is 1. The lowest BCUT2D eigenvalue weighted by Gasteiger charge is -2.14. The Labute approximate surface area is 156 Å². The molecule has 0 fully saturated rings. The largest absolute Gasteiger partial charge is 0.459 e. The third kappa shape index (κ3) is 4.03. The highest BCUT2D eigenvalue weighted by atomic mass is 32.1. The van der Waals surface area contributed by atoms with Gasteiger partial charge in [0.2, 0.25) is 0 Å². The molecule has 26 heavy (non-hydrogen) atoms. The van der Waals surface area contributed by atoms with E-state index in [1.165, 1.54) is 23.2 Å². The highest BCUT2D eigenvalue weighted by Gasteiger charge is 2.18. The predicted octanol–water partition coefficient (Wildman–Crippen LogP) is 4.70. The van der Waals surface area contributed by atoms with Gasteiger partial charge in [-0.15, -0.1) is 11.3 Å². The van der Waals surface area contributed by atoms with E-state index in [9.17, 15) is 9.59 Å². The smallest absolute Gasteiger partial charge is 0.291 e. The van der Waals surface area contributed by atoms with E-state index in [4.69, 9.17) is 4.42 Å². The van der Waals surface area contributed by atoms with Crippen LogP contribution in [0.2, 0.25) is 0 Å². The minimum atomic E-state index is -0.337. The van der Waals surface area contributed by atoms with Gasteiger partial charge in [0.25, 0.3) is 11.8 Å². The standard InChI is InChI=1S/C20H20N2O3S/c1-12-6-8-15(9-7-12)14(3)21-20(24)18-13(2)11-17(26-18)22-19(23)16-5-4-10-25-16/h4-11,14H,1-3H3,(H,21,24)(H,22,23). The van der Waals surface area contributed by atoms with E-state index in [0.29, 0.717) is 9.88 Å². The summed E-state index contributed by atoms with van der Waals surface area (Å²) in [4.78, 5) is 25.3.